The first-order valence-electron chi connectivity index (χ1n) is 7.36. The van der Waals surface area contributed by atoms with E-state index in [2.05, 4.69) is 5.32 Å². The number of nitrogens with zero attached hydrogens (tertiary/aromatic N) is 3. The maximum absolute atomic E-state index is 12.6. The molecule has 2 aromatic rings. The first kappa shape index (κ1) is 16.6. The maximum atomic E-state index is 12.6. The second-order valence-electron chi connectivity index (χ2n) is 5.40. The zero-order valence-corrected chi connectivity index (χ0v) is 13.6. The van der Waals surface area contributed by atoms with Gasteiger partial charge in [-0.25, -0.2) is 0 Å². The molecule has 8 heteroatoms. The van der Waals surface area contributed by atoms with Crippen LogP contribution in [-0.4, -0.2) is 21.7 Å². The van der Waals surface area contributed by atoms with Gasteiger partial charge in [0.25, 0.3) is 11.6 Å². The molecule has 1 amide bonds. The third-order valence-electron chi connectivity index (χ3n) is 4.03. The number of aromatic nitrogens is 1. The highest BCUT2D eigenvalue weighted by molar-refractivity contribution is 7.80. The Morgan fingerprint density at radius 3 is 2.52 bits per heavy atom. The van der Waals surface area contributed by atoms with E-state index in [-0.39, 0.29) is 21.8 Å². The summed E-state index contributed by atoms with van der Waals surface area (Å²) in [6.07, 6.45) is 3.35. The monoisotopic (exact) mass is 352 g/mol. The molecule has 2 atom stereocenters. The van der Waals surface area contributed by atoms with Crippen LogP contribution in [0.4, 0.5) is 5.69 Å². The lowest BCUT2D eigenvalue weighted by atomic mass is 9.81. The molecular weight excluding hydrogens is 340 g/mol. The van der Waals surface area contributed by atoms with Crippen molar-refractivity contribution in [1.29, 1.82) is 0 Å². The molecule has 124 valence electrons. The molecule has 0 bridgehead atoms. The van der Waals surface area contributed by atoms with Crippen molar-refractivity contribution in [3.05, 3.63) is 81.5 Å². The summed E-state index contributed by atoms with van der Waals surface area (Å²) in [6.45, 7) is 0. The molecule has 1 aliphatic heterocycles. The van der Waals surface area contributed by atoms with Gasteiger partial charge in [0.15, 0.2) is 12.4 Å². The topological polar surface area (TPSA) is 98.4 Å². The molecular formula is C17H12N4O3S. The molecule has 1 aromatic carbocycles. The molecule has 3 rings (SSSR count). The van der Waals surface area contributed by atoms with E-state index in [4.69, 9.17) is 12.2 Å². The van der Waals surface area contributed by atoms with Crippen LogP contribution in [0.3, 0.4) is 0 Å². The highest BCUT2D eigenvalue weighted by Gasteiger charge is 2.47. The Labute approximate surface area is 148 Å². The van der Waals surface area contributed by atoms with Gasteiger partial charge in [0.1, 0.15) is 4.99 Å². The van der Waals surface area contributed by atoms with Crippen LogP contribution in [0.25, 0.3) is 5.41 Å². The van der Waals surface area contributed by atoms with Gasteiger partial charge < -0.3 is 10.7 Å². The number of hydrogen-bond acceptors (Lipinski definition) is 4. The SMILES string of the molecule is [N-]=C=C1C(=S)NC(=O)[C@H]([n+]2ccccc2)[C@H]1c1ccccc1[N+](=O)[O-]. The minimum atomic E-state index is -0.858. The standard InChI is InChI=1S/C17H12N4O3S/c18-10-12-14(11-6-2-3-7-13(11)21(23)24)15(16(22)19-17(12)25)20-8-4-1-5-9-20/h1-9,14-15H,(H,19,22,25)/t14-,15+/m0/s1. The number of nitro benzene ring substituents is 1. The van der Waals surface area contributed by atoms with Gasteiger partial charge in [-0.15, -0.1) is 0 Å². The van der Waals surface area contributed by atoms with Crippen LogP contribution in [0.2, 0.25) is 0 Å². The summed E-state index contributed by atoms with van der Waals surface area (Å²) in [5.41, 5.74) is 0.257. The van der Waals surface area contributed by atoms with Crippen molar-refractivity contribution in [3.63, 3.8) is 0 Å². The molecule has 0 unspecified atom stereocenters. The van der Waals surface area contributed by atoms with Gasteiger partial charge in [0.05, 0.1) is 10.8 Å². The molecule has 1 fully saturated rings. The fraction of sp³-hybridized carbons (Fsp3) is 0.118. The number of para-hydroxylation sites is 1. The summed E-state index contributed by atoms with van der Waals surface area (Å²) in [5.74, 6) is 0.753. The van der Waals surface area contributed by atoms with Crippen LogP contribution in [0.1, 0.15) is 17.5 Å². The van der Waals surface area contributed by atoms with Crippen LogP contribution in [0.5, 0.6) is 0 Å². The maximum Gasteiger partial charge on any atom is 0.295 e. The summed E-state index contributed by atoms with van der Waals surface area (Å²) in [4.78, 5) is 23.5. The zero-order chi connectivity index (χ0) is 18.0. The quantitative estimate of drug-likeness (QED) is 0.227. The van der Waals surface area contributed by atoms with Gasteiger partial charge in [-0.3, -0.25) is 20.8 Å². The molecule has 2 heterocycles. The Morgan fingerprint density at radius 2 is 1.88 bits per heavy atom. The number of nitro groups is 1. The molecule has 0 radical (unpaired) electrons. The van der Waals surface area contributed by atoms with E-state index in [9.17, 15) is 20.3 Å². The van der Waals surface area contributed by atoms with E-state index in [0.29, 0.717) is 0 Å². The van der Waals surface area contributed by atoms with Crippen molar-refractivity contribution in [2.24, 2.45) is 0 Å². The van der Waals surface area contributed by atoms with Gasteiger partial charge in [0.2, 0.25) is 6.04 Å². The third kappa shape index (κ3) is 2.96. The Morgan fingerprint density at radius 1 is 1.20 bits per heavy atom. The van der Waals surface area contributed by atoms with Crippen molar-refractivity contribution in [2.75, 3.05) is 0 Å². The van der Waals surface area contributed by atoms with Crippen LogP contribution in [0, 0.1) is 10.1 Å². The van der Waals surface area contributed by atoms with Crippen molar-refractivity contribution in [2.45, 2.75) is 12.0 Å². The Bertz CT molecular complexity index is 923. The lowest BCUT2D eigenvalue weighted by Gasteiger charge is -2.29. The number of carbonyl (C=O) groups excluding carboxylic acids is 1. The second kappa shape index (κ2) is 6.72. The second-order valence-corrected chi connectivity index (χ2v) is 5.81. The van der Waals surface area contributed by atoms with Crippen molar-refractivity contribution < 1.29 is 14.3 Å². The Balaban J connectivity index is 2.26. The first-order chi connectivity index (χ1) is 12.0. The van der Waals surface area contributed by atoms with Gasteiger partial charge >= 0.3 is 0 Å². The molecule has 0 spiro atoms. The van der Waals surface area contributed by atoms with E-state index in [0.717, 1.165) is 0 Å². The minimum Gasteiger partial charge on any atom is -0.763 e. The number of hydrogen-bond donors (Lipinski definition) is 1. The number of thiocarbonyl (C=S) groups is 1. The lowest BCUT2D eigenvalue weighted by Crippen LogP contribution is -2.56. The number of nitrogens with one attached hydrogen (secondary N) is 1. The number of pyridine rings is 1. The minimum absolute atomic E-state index is 0.00318. The first-order valence-corrected chi connectivity index (χ1v) is 7.76. The van der Waals surface area contributed by atoms with E-state index >= 15 is 0 Å². The van der Waals surface area contributed by atoms with E-state index in [1.807, 2.05) is 5.87 Å². The normalized spacial score (nSPS) is 19.9. The molecule has 7 nitrogen and oxygen atoms in total. The number of carbonyl (C=O) groups is 1. The van der Waals surface area contributed by atoms with E-state index in [1.54, 1.807) is 53.4 Å². The summed E-state index contributed by atoms with van der Waals surface area (Å²) >= 11 is 5.12. The average Bonchev–Trinajstić information content (AvgIpc) is 2.61. The summed E-state index contributed by atoms with van der Waals surface area (Å²) in [6, 6.07) is 10.5. The highest BCUT2D eigenvalue weighted by Crippen LogP contribution is 2.39. The van der Waals surface area contributed by atoms with Crippen LogP contribution in [-0.2, 0) is 4.79 Å². The fourth-order valence-electron chi connectivity index (χ4n) is 2.97. The largest absolute Gasteiger partial charge is 0.763 e. The lowest BCUT2D eigenvalue weighted by molar-refractivity contribution is -0.711. The van der Waals surface area contributed by atoms with Gasteiger partial charge in [-0.1, -0.05) is 36.5 Å². The molecule has 0 saturated carbocycles. The molecule has 1 aromatic heterocycles. The van der Waals surface area contributed by atoms with Crippen LogP contribution < -0.4 is 9.88 Å². The summed E-state index contributed by atoms with van der Waals surface area (Å²) in [7, 11) is 0. The van der Waals surface area contributed by atoms with Gasteiger partial charge in [-0.05, 0) is 0 Å². The molecule has 1 saturated heterocycles. The van der Waals surface area contributed by atoms with Crippen LogP contribution >= 0.6 is 12.2 Å². The van der Waals surface area contributed by atoms with Gasteiger partial charge in [-0.2, -0.15) is 4.57 Å². The number of rotatable bonds is 3. The fourth-order valence-corrected chi connectivity index (χ4v) is 3.24. The molecule has 1 N–H and O–H groups in total. The number of amides is 1. The molecule has 0 aliphatic carbocycles. The van der Waals surface area contributed by atoms with Crippen molar-refractivity contribution in [1.82, 2.24) is 5.32 Å². The predicted octanol–water partition coefficient (Wildman–Crippen LogP) is 1.83. The van der Waals surface area contributed by atoms with Crippen molar-refractivity contribution in [3.8, 4) is 0 Å². The smallest absolute Gasteiger partial charge is 0.295 e. The molecule has 1 aliphatic rings. The Hall–Kier alpha value is -3.22. The summed E-state index contributed by atoms with van der Waals surface area (Å²) < 4.78 is 1.62. The number of piperidine rings is 1. The zero-order valence-electron chi connectivity index (χ0n) is 12.8. The third-order valence-corrected chi connectivity index (χ3v) is 4.35. The average molecular weight is 352 g/mol. The van der Waals surface area contributed by atoms with E-state index in [1.165, 1.54) is 6.07 Å². The predicted molar refractivity (Wildman–Crippen MR) is 94.1 cm³/mol. The Kier molecular flexibility index (Phi) is 4.47. The highest BCUT2D eigenvalue weighted by atomic mass is 32.1. The molecule has 25 heavy (non-hydrogen) atoms. The van der Waals surface area contributed by atoms with Gasteiger partial charge in [0, 0.05) is 29.3 Å². The van der Waals surface area contributed by atoms with E-state index < -0.39 is 22.8 Å². The number of benzene rings is 1. The van der Waals surface area contributed by atoms with Crippen molar-refractivity contribution >= 4 is 34.7 Å². The summed E-state index contributed by atoms with van der Waals surface area (Å²) in [5, 5.41) is 23.5. The van der Waals surface area contributed by atoms with Crippen LogP contribution in [0.15, 0.2) is 60.4 Å².